The molecule has 0 spiro atoms. The second kappa shape index (κ2) is 37.0. The molecule has 0 N–H and O–H groups in total. The molecule has 9 aromatic heterocycles. The molecule has 30 aromatic rings. The van der Waals surface area contributed by atoms with Crippen LogP contribution < -0.4 is 0 Å². The van der Waals surface area contributed by atoms with Gasteiger partial charge in [0.15, 0.2) is 69.2 Å². The summed E-state index contributed by atoms with van der Waals surface area (Å²) in [6.45, 7) is 0. The lowest BCUT2D eigenvalue weighted by Gasteiger charge is -2.14. The van der Waals surface area contributed by atoms with Crippen molar-refractivity contribution in [1.82, 2.24) is 58.6 Å². The number of aromatic nitrogens is 12. The Hall–Kier alpha value is -20.6. The molecule has 21 aromatic carbocycles. The first-order valence-electron chi connectivity index (χ1n) is 50.1. The molecule has 0 saturated heterocycles. The first-order valence-corrected chi connectivity index (χ1v) is 50.1. The highest BCUT2D eigenvalue weighted by molar-refractivity contribution is 6.25. The number of benzene rings is 21. The van der Waals surface area contributed by atoms with Gasteiger partial charge in [-0.3, -0.25) is 0 Å². The van der Waals surface area contributed by atoms with E-state index in [1.807, 2.05) is 152 Å². The van der Waals surface area contributed by atoms with Crippen LogP contribution in [0.5, 0.6) is 0 Å². The third-order valence-corrected chi connectivity index (χ3v) is 28.4. The molecule has 0 atom stereocenters. The molecule has 30 rings (SSSR count). The van der Waals surface area contributed by atoms with Gasteiger partial charge in [0.05, 0.1) is 38.8 Å². The van der Waals surface area contributed by atoms with Crippen LogP contribution in [0.2, 0.25) is 0 Å². The highest BCUT2D eigenvalue weighted by Gasteiger charge is 2.28. The van der Waals surface area contributed by atoms with Crippen LogP contribution in [0, 0.1) is 0 Å². The minimum atomic E-state index is 0.597. The van der Waals surface area contributed by atoms with Crippen LogP contribution in [0.15, 0.2) is 523 Å². The Morgan fingerprint density at radius 3 is 0.727 bits per heavy atom. The van der Waals surface area contributed by atoms with Crippen LogP contribution in [0.1, 0.15) is 0 Å². The summed E-state index contributed by atoms with van der Waals surface area (Å²) in [6.07, 6.45) is 0. The quantitative estimate of drug-likeness (QED) is 0.0953. The molecule has 0 saturated carbocycles. The largest absolute Gasteiger partial charge is 0.454 e. The van der Waals surface area contributed by atoms with Crippen molar-refractivity contribution in [2.45, 2.75) is 0 Å². The SMILES string of the molecule is c1ccc(-c2ccc(-c3nc(-c4ccccc4)nc(-c4ccc(-n5c6ccccc6c6ccc7c8ccccc8oc7c65)cc4)n3)cc2)cc1.c1ccc(-c2ccc(-c3nc(-c4ccccc4)nc(-c4cccc(-n5c6ccccc6c6ccc7c8ccccc8oc7c65)c4)n3)cc2)cc1.c1ccc(-c2ccc(-c3nc(-c4ccccc4)nc(-c4ccccc4-n4c5ccccc5c5ccc6c7ccccc7oc6c54)n3)cc2)cc1. The van der Waals surface area contributed by atoms with E-state index in [-0.39, 0.29) is 0 Å². The van der Waals surface area contributed by atoms with E-state index in [0.29, 0.717) is 52.4 Å². The lowest BCUT2D eigenvalue weighted by atomic mass is 10.0. The van der Waals surface area contributed by atoms with E-state index in [2.05, 4.69) is 372 Å². The van der Waals surface area contributed by atoms with E-state index >= 15 is 0 Å². The molecule has 15 nitrogen and oxygen atoms in total. The molecule has 0 aliphatic carbocycles. The molecule has 0 bridgehead atoms. The normalized spacial score (nSPS) is 11.6. The molecule has 0 aliphatic heterocycles. The highest BCUT2D eigenvalue weighted by atomic mass is 16.3. The van der Waals surface area contributed by atoms with E-state index in [9.17, 15) is 0 Å². The molecular weight excluding hydrogens is 1840 g/mol. The van der Waals surface area contributed by atoms with Crippen molar-refractivity contribution in [3.8, 4) is 153 Å². The minimum absolute atomic E-state index is 0.597. The van der Waals surface area contributed by atoms with Gasteiger partial charge in [-0.15, -0.1) is 0 Å². The van der Waals surface area contributed by atoms with Crippen molar-refractivity contribution in [2.75, 3.05) is 0 Å². The number of fused-ring (bicyclic) bond motifs is 21. The second-order valence-corrected chi connectivity index (χ2v) is 37.3. The molecule has 150 heavy (non-hydrogen) atoms. The monoisotopic (exact) mass is 1920 g/mol. The zero-order chi connectivity index (χ0) is 99.1. The van der Waals surface area contributed by atoms with Gasteiger partial charge in [-0.25, -0.2) is 44.9 Å². The zero-order valence-corrected chi connectivity index (χ0v) is 80.6. The van der Waals surface area contributed by atoms with Crippen molar-refractivity contribution in [1.29, 1.82) is 0 Å². The Morgan fingerprint density at radius 2 is 0.373 bits per heavy atom. The van der Waals surface area contributed by atoms with Gasteiger partial charge in [-0.1, -0.05) is 406 Å². The number of hydrogen-bond acceptors (Lipinski definition) is 12. The number of nitrogens with zero attached hydrogens (tertiary/aromatic N) is 12. The zero-order valence-electron chi connectivity index (χ0n) is 80.6. The first kappa shape index (κ1) is 87.3. The number of para-hydroxylation sites is 7. The number of furan rings is 3. The van der Waals surface area contributed by atoms with E-state index in [0.717, 1.165) is 204 Å². The average Bonchev–Trinajstić information content (AvgIpc) is 1.57. The van der Waals surface area contributed by atoms with Gasteiger partial charge in [-0.2, -0.15) is 0 Å². The average molecular weight is 1920 g/mol. The molecule has 702 valence electrons. The maximum absolute atomic E-state index is 6.64. The number of rotatable bonds is 15. The first-order chi connectivity index (χ1) is 74.4. The molecule has 0 fully saturated rings. The third kappa shape index (κ3) is 15.6. The molecule has 9 heterocycles. The van der Waals surface area contributed by atoms with Gasteiger partial charge in [0.25, 0.3) is 0 Å². The fourth-order valence-corrected chi connectivity index (χ4v) is 21.3. The molecule has 15 heteroatoms. The van der Waals surface area contributed by atoms with E-state index in [4.69, 9.17) is 58.1 Å². The van der Waals surface area contributed by atoms with Crippen molar-refractivity contribution in [3.63, 3.8) is 0 Å². The Balaban J connectivity index is 0.000000108. The van der Waals surface area contributed by atoms with Crippen LogP contribution in [-0.2, 0) is 0 Å². The van der Waals surface area contributed by atoms with Gasteiger partial charge in [0, 0.05) is 126 Å². The summed E-state index contributed by atoms with van der Waals surface area (Å²) in [5.74, 6) is 5.58. The predicted octanol–water partition coefficient (Wildman–Crippen LogP) is 34.6. The minimum Gasteiger partial charge on any atom is -0.454 e. The van der Waals surface area contributed by atoms with Crippen molar-refractivity contribution >= 4 is 131 Å². The summed E-state index contributed by atoms with van der Waals surface area (Å²) in [5.41, 5.74) is 29.9. The fourth-order valence-electron chi connectivity index (χ4n) is 21.3. The van der Waals surface area contributed by atoms with Crippen LogP contribution in [0.3, 0.4) is 0 Å². The standard InChI is InChI=1S/3C45H28N4O/c1-3-13-29(14-4-1)30-23-25-32(26-24-30)44-46-43(31-15-5-2-6-16-31)47-45(48-44)37-19-8-11-21-39(37)49-38-20-10-7-17-33(38)35-27-28-36-34-18-9-12-22-40(34)50-42(36)41(35)49;1-3-12-29(13-4-1)30-22-24-32(25-23-30)44-46-43(31-14-5-2-6-15-31)47-45(48-44)33-16-11-17-34(28-33)49-39-20-9-7-18-35(39)37-26-27-38-36-19-8-10-21-40(36)50-42(38)41(37)49;1-3-11-29(12-4-1)30-19-21-32(22-20-30)44-46-43(31-13-5-2-6-14-31)47-45(48-44)33-23-25-34(26-24-33)49-39-17-9-7-15-35(39)37-27-28-38-36-16-8-10-18-40(36)50-42(38)41(37)49/h3*1-28H. The topological polar surface area (TPSA) is 170 Å². The van der Waals surface area contributed by atoms with Gasteiger partial charge < -0.3 is 27.0 Å². The predicted molar refractivity (Wildman–Crippen MR) is 610 cm³/mol. The Morgan fingerprint density at radius 1 is 0.140 bits per heavy atom. The summed E-state index contributed by atoms with van der Waals surface area (Å²) >= 11 is 0. The summed E-state index contributed by atoms with van der Waals surface area (Å²) in [6, 6.07) is 175. The van der Waals surface area contributed by atoms with Crippen molar-refractivity contribution < 1.29 is 13.3 Å². The summed E-state index contributed by atoms with van der Waals surface area (Å²) in [5, 5.41) is 13.5. The maximum atomic E-state index is 6.64. The van der Waals surface area contributed by atoms with E-state index in [1.54, 1.807) is 0 Å². The van der Waals surface area contributed by atoms with Crippen LogP contribution >= 0.6 is 0 Å². The summed E-state index contributed by atoms with van der Waals surface area (Å²) < 4.78 is 26.7. The lowest BCUT2D eigenvalue weighted by molar-refractivity contribution is 0.670. The number of hydrogen-bond donors (Lipinski definition) is 0. The van der Waals surface area contributed by atoms with E-state index < -0.39 is 0 Å². The van der Waals surface area contributed by atoms with Crippen LogP contribution in [0.4, 0.5) is 0 Å². The molecule has 0 unspecified atom stereocenters. The van der Waals surface area contributed by atoms with Crippen molar-refractivity contribution in [2.24, 2.45) is 0 Å². The third-order valence-electron chi connectivity index (χ3n) is 28.4. The molecular formula is C135H84N12O3. The molecule has 0 radical (unpaired) electrons. The maximum Gasteiger partial charge on any atom is 0.166 e. The van der Waals surface area contributed by atoms with Gasteiger partial charge in [-0.05, 0) is 137 Å². The van der Waals surface area contributed by atoms with Crippen LogP contribution in [0.25, 0.3) is 284 Å². The highest BCUT2D eigenvalue weighted by Crippen LogP contribution is 2.47. The Kier molecular flexibility index (Phi) is 21.5. The fraction of sp³-hybridized carbons (Fsp3) is 0. The summed E-state index contributed by atoms with van der Waals surface area (Å²) in [7, 11) is 0. The summed E-state index contributed by atoms with van der Waals surface area (Å²) in [4.78, 5) is 45.3. The molecule has 0 amide bonds. The Bertz CT molecular complexity index is 10400. The molecule has 0 aliphatic rings. The van der Waals surface area contributed by atoms with Gasteiger partial charge >= 0.3 is 0 Å². The smallest absolute Gasteiger partial charge is 0.166 e. The van der Waals surface area contributed by atoms with Gasteiger partial charge in [0.2, 0.25) is 0 Å². The van der Waals surface area contributed by atoms with Crippen LogP contribution in [-0.4, -0.2) is 58.6 Å². The second-order valence-electron chi connectivity index (χ2n) is 37.3. The lowest BCUT2D eigenvalue weighted by Crippen LogP contribution is -2.03. The van der Waals surface area contributed by atoms with Gasteiger partial charge in [0.1, 0.15) is 16.7 Å². The Labute approximate surface area is 859 Å². The van der Waals surface area contributed by atoms with E-state index in [1.165, 1.54) is 27.5 Å². The van der Waals surface area contributed by atoms with Crippen molar-refractivity contribution in [3.05, 3.63) is 510 Å².